The quantitative estimate of drug-likeness (QED) is 0.0113. The zero-order valence-corrected chi connectivity index (χ0v) is 63.9. The van der Waals surface area contributed by atoms with Gasteiger partial charge in [0, 0.05) is 24.3 Å². The Bertz CT molecular complexity index is 3540. The Hall–Kier alpha value is -10.8. The van der Waals surface area contributed by atoms with Crippen LogP contribution in [0.4, 0.5) is 0 Å². The van der Waals surface area contributed by atoms with Crippen molar-refractivity contribution in [2.45, 2.75) is 193 Å². The van der Waals surface area contributed by atoms with E-state index in [0.717, 1.165) is 204 Å². The van der Waals surface area contributed by atoms with Crippen LogP contribution in [0.2, 0.25) is 0 Å². The Balaban J connectivity index is 1.00. The number of hydrogen-bond acceptors (Lipinski definition) is 20. The topological polar surface area (TPSA) is 247 Å². The first kappa shape index (κ1) is 88.1. The molecule has 0 saturated heterocycles. The Morgan fingerprint density at radius 2 is 0.427 bits per heavy atom. The number of rotatable bonds is 59. The average Bonchev–Trinajstić information content (AvgIpc) is 0.839. The third-order valence-corrected chi connectivity index (χ3v) is 17.8. The Kier molecular flexibility index (Phi) is 43.2. The number of benzene rings is 6. The summed E-state index contributed by atoms with van der Waals surface area (Å²) in [5, 5.41) is 0. The highest BCUT2D eigenvalue weighted by atomic mass is 16.6. The molecule has 6 aromatic carbocycles. The van der Waals surface area contributed by atoms with Crippen LogP contribution in [0.15, 0.2) is 184 Å². The van der Waals surface area contributed by atoms with Crippen LogP contribution in [0.5, 0.6) is 46.0 Å². The van der Waals surface area contributed by atoms with Crippen molar-refractivity contribution < 1.29 is 95.2 Å². The Labute approximate surface area is 648 Å². The molecule has 0 aromatic heterocycles. The van der Waals surface area contributed by atoms with Crippen molar-refractivity contribution in [3.8, 4) is 46.0 Å². The standard InChI is InChI=1S/C90H110O20/c1-5-83(91)103-63-33-23-13-19-29-59-99-75-47-39-69(40-48-75)87(95)107-79-55-57-81(109-89(97)71-43-51-77(52-44-71)101-61-31-21-15-25-35-65-105-85(93)7-3)73(67-79)37-27-17-11-9-10-12-18-28-38-74-68-80(108-88(96)70-41-49-76(50-42-70)100-60-30-20-14-24-34-64-104-84(92)6-2)56-58-82(74)110-90(98)72-45-53-78(54-46-72)102-62-32-22-16-26-36-66-106-86(94)8-4/h5-8,39-58,67-68H,1-4,9-38,59-66H2. The molecular formula is C90H110O20. The smallest absolute Gasteiger partial charge is 0.343 e. The van der Waals surface area contributed by atoms with Crippen molar-refractivity contribution in [3.63, 3.8) is 0 Å². The molecule has 0 aliphatic carbocycles. The summed E-state index contributed by atoms with van der Waals surface area (Å²) in [6.07, 6.45) is 31.1. The van der Waals surface area contributed by atoms with E-state index >= 15 is 0 Å². The number of esters is 8. The van der Waals surface area contributed by atoms with Crippen LogP contribution in [0.3, 0.4) is 0 Å². The zero-order valence-electron chi connectivity index (χ0n) is 63.9. The highest BCUT2D eigenvalue weighted by Gasteiger charge is 2.19. The molecule has 0 aliphatic rings. The van der Waals surface area contributed by atoms with Gasteiger partial charge in [0.25, 0.3) is 0 Å². The van der Waals surface area contributed by atoms with E-state index in [0.29, 0.717) is 145 Å². The van der Waals surface area contributed by atoms with Crippen molar-refractivity contribution in [2.24, 2.45) is 0 Å². The maximum Gasteiger partial charge on any atom is 0.343 e. The van der Waals surface area contributed by atoms with E-state index in [2.05, 4.69) is 26.3 Å². The fourth-order valence-corrected chi connectivity index (χ4v) is 11.5. The summed E-state index contributed by atoms with van der Waals surface area (Å²) >= 11 is 0. The van der Waals surface area contributed by atoms with Crippen LogP contribution in [0.25, 0.3) is 0 Å². The molecule has 6 rings (SSSR count). The van der Waals surface area contributed by atoms with Gasteiger partial charge in [-0.1, -0.05) is 142 Å². The van der Waals surface area contributed by atoms with Gasteiger partial charge in [-0.15, -0.1) is 0 Å². The third kappa shape index (κ3) is 36.9. The first-order valence-electron chi connectivity index (χ1n) is 39.0. The molecule has 0 atom stereocenters. The predicted octanol–water partition coefficient (Wildman–Crippen LogP) is 19.7. The second-order valence-corrected chi connectivity index (χ2v) is 26.5. The van der Waals surface area contributed by atoms with Crippen molar-refractivity contribution in [3.05, 3.63) is 217 Å². The molecule has 0 radical (unpaired) electrons. The average molecular weight is 1510 g/mol. The fourth-order valence-electron chi connectivity index (χ4n) is 11.5. The van der Waals surface area contributed by atoms with E-state index in [1.807, 2.05) is 0 Å². The molecule has 6 aromatic rings. The maximum absolute atomic E-state index is 13.7. The molecule has 0 N–H and O–H groups in total. The van der Waals surface area contributed by atoms with Crippen LogP contribution < -0.4 is 37.9 Å². The lowest BCUT2D eigenvalue weighted by Gasteiger charge is -2.13. The third-order valence-electron chi connectivity index (χ3n) is 17.8. The Morgan fingerprint density at radius 3 is 0.664 bits per heavy atom. The van der Waals surface area contributed by atoms with E-state index in [9.17, 15) is 38.4 Å². The summed E-state index contributed by atoms with van der Waals surface area (Å²) in [5.74, 6) is 0.0115. The minimum atomic E-state index is -0.552. The van der Waals surface area contributed by atoms with Gasteiger partial charge in [0.2, 0.25) is 0 Å². The first-order valence-corrected chi connectivity index (χ1v) is 39.0. The van der Waals surface area contributed by atoms with Gasteiger partial charge in [0.05, 0.1) is 75.1 Å². The van der Waals surface area contributed by atoms with Gasteiger partial charge in [-0.25, -0.2) is 38.4 Å². The van der Waals surface area contributed by atoms with E-state index in [4.69, 9.17) is 56.8 Å². The second kappa shape index (κ2) is 53.9. The molecule has 0 amide bonds. The molecule has 110 heavy (non-hydrogen) atoms. The van der Waals surface area contributed by atoms with Crippen molar-refractivity contribution in [1.82, 2.24) is 0 Å². The second-order valence-electron chi connectivity index (χ2n) is 26.5. The van der Waals surface area contributed by atoms with Gasteiger partial charge in [-0.3, -0.25) is 0 Å². The maximum atomic E-state index is 13.7. The number of aryl methyl sites for hydroxylation is 2. The van der Waals surface area contributed by atoms with Gasteiger partial charge >= 0.3 is 47.8 Å². The van der Waals surface area contributed by atoms with Crippen LogP contribution in [-0.4, -0.2) is 101 Å². The van der Waals surface area contributed by atoms with Crippen LogP contribution in [0.1, 0.15) is 232 Å². The summed E-state index contributed by atoms with van der Waals surface area (Å²) in [7, 11) is 0. The summed E-state index contributed by atoms with van der Waals surface area (Å²) in [4.78, 5) is 99.5. The molecule has 0 heterocycles. The SMILES string of the molecule is C=CC(=O)OCCCCCCCOc1ccc(C(=O)Oc2ccc(OC(=O)c3ccc(OCCCCCCCOC(=O)C=C)cc3)c(CCCCCCCCCCc3cc(OC(=O)c4ccc(OCCCCCCCOC(=O)C=C)cc4)ccc3OC(=O)c3ccc(OCCCCCCCOC(=O)C=C)cc3)c2)cc1. The van der Waals surface area contributed by atoms with E-state index in [-0.39, 0.29) is 0 Å². The molecular weight excluding hydrogens is 1400 g/mol. The van der Waals surface area contributed by atoms with Crippen molar-refractivity contribution >= 4 is 47.8 Å². The minimum absolute atomic E-state index is 0.305. The highest BCUT2D eigenvalue weighted by molar-refractivity contribution is 5.94. The summed E-state index contributed by atoms with van der Waals surface area (Å²) in [5.41, 5.74) is 2.79. The fraction of sp³-hybridized carbons (Fsp3) is 0.422. The predicted molar refractivity (Wildman–Crippen MR) is 422 cm³/mol. The molecule has 0 aliphatic heterocycles. The van der Waals surface area contributed by atoms with Crippen molar-refractivity contribution in [1.29, 1.82) is 0 Å². The monoisotopic (exact) mass is 1510 g/mol. The van der Waals surface area contributed by atoms with Gasteiger partial charge in [-0.2, -0.15) is 0 Å². The number of hydrogen-bond donors (Lipinski definition) is 0. The van der Waals surface area contributed by atoms with Crippen LogP contribution >= 0.6 is 0 Å². The van der Waals surface area contributed by atoms with Crippen LogP contribution in [0, 0.1) is 0 Å². The highest BCUT2D eigenvalue weighted by Crippen LogP contribution is 2.31. The molecule has 0 unspecified atom stereocenters. The number of carbonyl (C=O) groups is 8. The normalized spacial score (nSPS) is 10.7. The van der Waals surface area contributed by atoms with E-state index < -0.39 is 47.8 Å². The summed E-state index contributed by atoms with van der Waals surface area (Å²) in [6, 6.07) is 37.3. The van der Waals surface area contributed by atoms with Gasteiger partial charge in [0.1, 0.15) is 46.0 Å². The van der Waals surface area contributed by atoms with Crippen molar-refractivity contribution in [2.75, 3.05) is 52.9 Å². The van der Waals surface area contributed by atoms with Gasteiger partial charge in [0.15, 0.2) is 0 Å². The van der Waals surface area contributed by atoms with E-state index in [1.54, 1.807) is 133 Å². The lowest BCUT2D eigenvalue weighted by Crippen LogP contribution is -2.11. The molecule has 20 heteroatoms. The molecule has 0 spiro atoms. The summed E-state index contributed by atoms with van der Waals surface area (Å²) < 4.78 is 67.8. The summed E-state index contributed by atoms with van der Waals surface area (Å²) in [6.45, 7) is 17.2. The number of ether oxygens (including phenoxy) is 12. The molecule has 0 saturated carbocycles. The molecule has 0 bridgehead atoms. The minimum Gasteiger partial charge on any atom is -0.494 e. The van der Waals surface area contributed by atoms with Crippen LogP contribution in [-0.2, 0) is 51.0 Å². The lowest BCUT2D eigenvalue weighted by molar-refractivity contribution is -0.138. The lowest BCUT2D eigenvalue weighted by atomic mass is 10.0. The molecule has 20 nitrogen and oxygen atoms in total. The molecule has 590 valence electrons. The number of unbranched alkanes of at least 4 members (excludes halogenated alkanes) is 23. The van der Waals surface area contributed by atoms with E-state index in [1.165, 1.54) is 0 Å². The molecule has 0 fully saturated rings. The largest absolute Gasteiger partial charge is 0.494 e. The number of carbonyl (C=O) groups excluding carboxylic acids is 8. The van der Waals surface area contributed by atoms with Gasteiger partial charge in [-0.05, 0) is 222 Å². The Morgan fingerprint density at radius 1 is 0.227 bits per heavy atom. The zero-order chi connectivity index (χ0) is 78.4. The van der Waals surface area contributed by atoms with Gasteiger partial charge < -0.3 is 56.8 Å². The first-order chi connectivity index (χ1) is 53.7.